The number of aromatic nitrogens is 2. The summed E-state index contributed by atoms with van der Waals surface area (Å²) in [6.45, 7) is 4.23. The highest BCUT2D eigenvalue weighted by atomic mass is 16.5. The number of hydrogen-bond donors (Lipinski definition) is 0. The van der Waals surface area contributed by atoms with E-state index in [0.29, 0.717) is 37.7 Å². The van der Waals surface area contributed by atoms with Crippen molar-refractivity contribution in [1.29, 1.82) is 0 Å². The summed E-state index contributed by atoms with van der Waals surface area (Å²) < 4.78 is 11.2. The number of carbonyl (C=O) groups is 1. The molecule has 0 aliphatic carbocycles. The summed E-state index contributed by atoms with van der Waals surface area (Å²) >= 11 is 0. The molecule has 0 bridgehead atoms. The van der Waals surface area contributed by atoms with Gasteiger partial charge in [-0.25, -0.2) is 9.97 Å². The first kappa shape index (κ1) is 16.7. The highest BCUT2D eigenvalue weighted by Gasteiger charge is 2.24. The number of amides is 1. The van der Waals surface area contributed by atoms with E-state index in [1.807, 2.05) is 23.1 Å². The Morgan fingerprint density at radius 1 is 1.27 bits per heavy atom. The summed E-state index contributed by atoms with van der Waals surface area (Å²) in [5.41, 5.74) is 2.63. The predicted molar refractivity (Wildman–Crippen MR) is 96.9 cm³/mol. The summed E-state index contributed by atoms with van der Waals surface area (Å²) in [5, 5.41) is 1.13. The second-order valence-corrected chi connectivity index (χ2v) is 6.66. The van der Waals surface area contributed by atoms with Gasteiger partial charge in [0.1, 0.15) is 11.4 Å². The zero-order valence-electron chi connectivity index (χ0n) is 14.7. The molecule has 0 radical (unpaired) electrons. The second-order valence-electron chi connectivity index (χ2n) is 6.66. The van der Waals surface area contributed by atoms with Crippen molar-refractivity contribution in [2.75, 3.05) is 26.3 Å². The number of rotatable bonds is 3. The molecule has 3 heterocycles. The van der Waals surface area contributed by atoms with Crippen molar-refractivity contribution >= 4 is 16.9 Å². The third-order valence-electron chi connectivity index (χ3n) is 4.75. The summed E-state index contributed by atoms with van der Waals surface area (Å²) in [6.07, 6.45) is 5.74. The van der Waals surface area contributed by atoms with E-state index < -0.39 is 0 Å². The molecule has 1 atom stereocenters. The number of ether oxygens (including phenoxy) is 1. The van der Waals surface area contributed by atoms with Crippen LogP contribution in [0.2, 0.25) is 0 Å². The number of nitrogens with zero attached hydrogens (tertiary/aromatic N) is 3. The van der Waals surface area contributed by atoms with Crippen LogP contribution in [0.25, 0.3) is 11.0 Å². The van der Waals surface area contributed by atoms with Gasteiger partial charge >= 0.3 is 0 Å². The summed E-state index contributed by atoms with van der Waals surface area (Å²) in [6, 6.07) is 8.08. The Morgan fingerprint density at radius 2 is 2.12 bits per heavy atom. The Hall–Kier alpha value is -2.73. The van der Waals surface area contributed by atoms with Crippen LogP contribution in [0.1, 0.15) is 21.7 Å². The van der Waals surface area contributed by atoms with E-state index in [1.54, 1.807) is 25.6 Å². The average Bonchev–Trinajstić information content (AvgIpc) is 3.02. The molecule has 6 nitrogen and oxygen atoms in total. The largest absolute Gasteiger partial charge is 0.464 e. The lowest BCUT2D eigenvalue weighted by Crippen LogP contribution is -2.36. The van der Waals surface area contributed by atoms with Crippen LogP contribution in [0.3, 0.4) is 0 Å². The Balaban J connectivity index is 1.51. The maximum atomic E-state index is 12.8. The van der Waals surface area contributed by atoms with E-state index in [2.05, 4.69) is 16.0 Å². The fraction of sp³-hybridized carbons (Fsp3) is 0.350. The molecule has 1 aliphatic heterocycles. The number of benzene rings is 1. The van der Waals surface area contributed by atoms with Crippen molar-refractivity contribution in [3.8, 4) is 0 Å². The average molecular weight is 351 g/mol. The molecule has 2 aromatic heterocycles. The summed E-state index contributed by atoms with van der Waals surface area (Å²) in [4.78, 5) is 22.9. The first-order valence-corrected chi connectivity index (χ1v) is 8.81. The minimum absolute atomic E-state index is 0.0398. The van der Waals surface area contributed by atoms with Crippen LogP contribution in [-0.4, -0.2) is 47.1 Å². The van der Waals surface area contributed by atoms with Crippen LogP contribution < -0.4 is 0 Å². The van der Waals surface area contributed by atoms with Gasteiger partial charge in [0.2, 0.25) is 0 Å². The summed E-state index contributed by atoms with van der Waals surface area (Å²) in [5.74, 6) is 0.849. The Labute approximate surface area is 151 Å². The maximum absolute atomic E-state index is 12.8. The van der Waals surface area contributed by atoms with Gasteiger partial charge in [-0.1, -0.05) is 12.1 Å². The molecular formula is C20H21N3O3. The van der Waals surface area contributed by atoms with Crippen molar-refractivity contribution in [3.63, 3.8) is 0 Å². The van der Waals surface area contributed by atoms with Gasteiger partial charge < -0.3 is 14.1 Å². The summed E-state index contributed by atoms with van der Waals surface area (Å²) in [7, 11) is 0. The zero-order valence-corrected chi connectivity index (χ0v) is 14.7. The number of hydrogen-bond acceptors (Lipinski definition) is 5. The maximum Gasteiger partial charge on any atom is 0.257 e. The van der Waals surface area contributed by atoms with Gasteiger partial charge in [-0.05, 0) is 31.0 Å². The molecule has 6 heteroatoms. The Morgan fingerprint density at radius 3 is 2.96 bits per heavy atom. The van der Waals surface area contributed by atoms with Crippen molar-refractivity contribution in [2.24, 2.45) is 5.92 Å². The van der Waals surface area contributed by atoms with Gasteiger partial charge in [0.05, 0.1) is 25.0 Å². The van der Waals surface area contributed by atoms with Gasteiger partial charge in [-0.2, -0.15) is 0 Å². The molecule has 4 rings (SSSR count). The zero-order chi connectivity index (χ0) is 17.9. The van der Waals surface area contributed by atoms with Gasteiger partial charge in [-0.3, -0.25) is 4.79 Å². The van der Waals surface area contributed by atoms with Crippen LogP contribution in [0.4, 0.5) is 0 Å². The van der Waals surface area contributed by atoms with E-state index >= 15 is 0 Å². The van der Waals surface area contributed by atoms with Gasteiger partial charge in [0.25, 0.3) is 5.91 Å². The molecule has 0 saturated carbocycles. The SMILES string of the molecule is Cc1ncc(C(=O)N2CCOC[C@@H](Cc3cccc4occc34)C2)cn1. The van der Waals surface area contributed by atoms with E-state index in [4.69, 9.17) is 9.15 Å². The highest BCUT2D eigenvalue weighted by molar-refractivity contribution is 5.93. The lowest BCUT2D eigenvalue weighted by molar-refractivity contribution is 0.0736. The lowest BCUT2D eigenvalue weighted by atomic mass is 9.97. The topological polar surface area (TPSA) is 68.5 Å². The predicted octanol–water partition coefficient (Wildman–Crippen LogP) is 2.86. The Bertz CT molecular complexity index is 904. The number of furan rings is 1. The number of carbonyl (C=O) groups excluding carboxylic acids is 1. The second kappa shape index (κ2) is 7.25. The molecule has 0 spiro atoms. The first-order chi connectivity index (χ1) is 12.7. The lowest BCUT2D eigenvalue weighted by Gasteiger charge is -2.23. The van der Waals surface area contributed by atoms with Crippen molar-refractivity contribution < 1.29 is 13.9 Å². The highest BCUT2D eigenvalue weighted by Crippen LogP contribution is 2.24. The molecular weight excluding hydrogens is 330 g/mol. The van der Waals surface area contributed by atoms with Crippen molar-refractivity contribution in [3.05, 3.63) is 59.9 Å². The van der Waals surface area contributed by atoms with Crippen LogP contribution >= 0.6 is 0 Å². The smallest absolute Gasteiger partial charge is 0.257 e. The van der Waals surface area contributed by atoms with E-state index in [-0.39, 0.29) is 11.8 Å². The van der Waals surface area contributed by atoms with Gasteiger partial charge in [0, 0.05) is 36.8 Å². The third kappa shape index (κ3) is 3.46. The van der Waals surface area contributed by atoms with Crippen LogP contribution in [0.5, 0.6) is 0 Å². The molecule has 0 N–H and O–H groups in total. The van der Waals surface area contributed by atoms with Gasteiger partial charge in [0.15, 0.2) is 0 Å². The van der Waals surface area contributed by atoms with E-state index in [0.717, 1.165) is 17.4 Å². The molecule has 134 valence electrons. The van der Waals surface area contributed by atoms with Gasteiger partial charge in [-0.15, -0.1) is 0 Å². The molecule has 1 aromatic carbocycles. The quantitative estimate of drug-likeness (QED) is 0.726. The molecule has 26 heavy (non-hydrogen) atoms. The van der Waals surface area contributed by atoms with Crippen molar-refractivity contribution in [2.45, 2.75) is 13.3 Å². The minimum atomic E-state index is -0.0398. The molecule has 1 saturated heterocycles. The number of fused-ring (bicyclic) bond motifs is 1. The number of aryl methyl sites for hydroxylation is 1. The van der Waals surface area contributed by atoms with E-state index in [1.165, 1.54) is 5.56 Å². The molecule has 0 unspecified atom stereocenters. The van der Waals surface area contributed by atoms with Crippen LogP contribution in [0.15, 0.2) is 47.3 Å². The fourth-order valence-corrected chi connectivity index (χ4v) is 3.42. The first-order valence-electron chi connectivity index (χ1n) is 8.81. The monoisotopic (exact) mass is 351 g/mol. The molecule has 1 fully saturated rings. The Kier molecular flexibility index (Phi) is 4.67. The molecule has 3 aromatic rings. The fourth-order valence-electron chi connectivity index (χ4n) is 3.42. The van der Waals surface area contributed by atoms with E-state index in [9.17, 15) is 4.79 Å². The minimum Gasteiger partial charge on any atom is -0.464 e. The van der Waals surface area contributed by atoms with Crippen LogP contribution in [0, 0.1) is 12.8 Å². The standard InChI is InChI=1S/C20H21N3O3/c1-14-21-10-17(11-22-14)20(24)23-6-8-25-13-15(12-23)9-16-3-2-4-19-18(16)5-7-26-19/h2-5,7,10-11,15H,6,8-9,12-13H2,1H3/t15-/m0/s1. The molecule has 1 aliphatic rings. The normalized spacial score (nSPS) is 18.0. The van der Waals surface area contributed by atoms with Crippen LogP contribution in [-0.2, 0) is 11.2 Å². The molecule has 1 amide bonds. The third-order valence-corrected chi connectivity index (χ3v) is 4.75. The van der Waals surface area contributed by atoms with Crippen molar-refractivity contribution in [1.82, 2.24) is 14.9 Å².